The van der Waals surface area contributed by atoms with Crippen molar-refractivity contribution in [3.63, 3.8) is 0 Å². The molecule has 0 atom stereocenters. The van der Waals surface area contributed by atoms with Gasteiger partial charge in [0.25, 0.3) is 0 Å². The first-order valence-electron chi connectivity index (χ1n) is 10.4. The molecule has 0 bridgehead atoms. The van der Waals surface area contributed by atoms with Crippen molar-refractivity contribution in [2.24, 2.45) is 0 Å². The fourth-order valence-electron chi connectivity index (χ4n) is 3.44. The largest absolute Gasteiger partial charge is 0.379 e. The van der Waals surface area contributed by atoms with Crippen LogP contribution in [0.3, 0.4) is 0 Å². The van der Waals surface area contributed by atoms with Crippen LogP contribution < -0.4 is 0 Å². The molecule has 9 heteroatoms. The summed E-state index contributed by atoms with van der Waals surface area (Å²) >= 11 is 1.66. The van der Waals surface area contributed by atoms with E-state index in [1.165, 1.54) is 4.31 Å². The van der Waals surface area contributed by atoms with Gasteiger partial charge in [-0.2, -0.15) is 4.31 Å². The molecule has 3 aromatic rings. The highest BCUT2D eigenvalue weighted by Gasteiger charge is 2.27. The third-order valence-electron chi connectivity index (χ3n) is 5.04. The average molecular weight is 459 g/mol. The highest BCUT2D eigenvalue weighted by Crippen LogP contribution is 2.28. The van der Waals surface area contributed by atoms with Gasteiger partial charge in [-0.1, -0.05) is 61.2 Å². The van der Waals surface area contributed by atoms with E-state index in [1.54, 1.807) is 30.0 Å². The Morgan fingerprint density at radius 2 is 1.81 bits per heavy atom. The standard InChI is InChI=1S/C22H26N4O3S2/c1-2-15-30-22-24-23-21(26(22)17-18-7-4-3-5-8-18)19-9-6-10-20(16-19)31(27,28)25-11-13-29-14-12-25/h3-10,16H,2,11-15,17H2,1H3. The summed E-state index contributed by atoms with van der Waals surface area (Å²) in [5.41, 5.74) is 1.88. The average Bonchev–Trinajstić information content (AvgIpc) is 3.21. The van der Waals surface area contributed by atoms with Gasteiger partial charge >= 0.3 is 0 Å². The molecule has 2 aromatic carbocycles. The van der Waals surface area contributed by atoms with Crippen LogP contribution in [0.5, 0.6) is 0 Å². The SMILES string of the molecule is CCCSc1nnc(-c2cccc(S(=O)(=O)N3CCOCC3)c2)n1Cc1ccccc1. The molecule has 1 saturated heterocycles. The fourth-order valence-corrected chi connectivity index (χ4v) is 5.69. The maximum Gasteiger partial charge on any atom is 0.243 e. The summed E-state index contributed by atoms with van der Waals surface area (Å²) in [7, 11) is -3.58. The molecule has 7 nitrogen and oxygen atoms in total. The first-order valence-corrected chi connectivity index (χ1v) is 12.8. The number of nitrogens with zero attached hydrogens (tertiary/aromatic N) is 4. The van der Waals surface area contributed by atoms with E-state index in [-0.39, 0.29) is 4.90 Å². The minimum Gasteiger partial charge on any atom is -0.379 e. The van der Waals surface area contributed by atoms with E-state index in [1.807, 2.05) is 24.3 Å². The van der Waals surface area contributed by atoms with Gasteiger partial charge in [0, 0.05) is 24.4 Å². The molecule has 0 spiro atoms. The van der Waals surface area contributed by atoms with Gasteiger partial charge in [0.2, 0.25) is 10.0 Å². The number of ether oxygens (including phenoxy) is 1. The normalized spacial score (nSPS) is 15.3. The molecule has 2 heterocycles. The van der Waals surface area contributed by atoms with Gasteiger partial charge < -0.3 is 4.74 Å². The zero-order valence-electron chi connectivity index (χ0n) is 17.5. The van der Waals surface area contributed by atoms with Crippen LogP contribution in [-0.2, 0) is 21.3 Å². The minimum absolute atomic E-state index is 0.268. The molecule has 1 aromatic heterocycles. The van der Waals surface area contributed by atoms with Crippen molar-refractivity contribution in [1.29, 1.82) is 0 Å². The summed E-state index contributed by atoms with van der Waals surface area (Å²) in [6, 6.07) is 17.1. The van der Waals surface area contributed by atoms with E-state index >= 15 is 0 Å². The zero-order valence-corrected chi connectivity index (χ0v) is 19.1. The molecule has 0 unspecified atom stereocenters. The number of benzene rings is 2. The van der Waals surface area contributed by atoms with Crippen LogP contribution in [0.4, 0.5) is 0 Å². The Labute approximate surface area is 187 Å². The van der Waals surface area contributed by atoms with Crippen molar-refractivity contribution in [2.45, 2.75) is 29.9 Å². The van der Waals surface area contributed by atoms with E-state index in [0.29, 0.717) is 38.7 Å². The Morgan fingerprint density at radius 1 is 1.03 bits per heavy atom. The van der Waals surface area contributed by atoms with Gasteiger partial charge in [-0.25, -0.2) is 8.42 Å². The Kier molecular flexibility index (Phi) is 7.06. The van der Waals surface area contributed by atoms with E-state index < -0.39 is 10.0 Å². The maximum absolute atomic E-state index is 13.1. The molecule has 1 aliphatic rings. The molecule has 4 rings (SSSR count). The second-order valence-electron chi connectivity index (χ2n) is 7.27. The number of morpholine rings is 1. The summed E-state index contributed by atoms with van der Waals surface area (Å²) in [6.07, 6.45) is 1.03. The third kappa shape index (κ3) is 5.01. The predicted octanol–water partition coefficient (Wildman–Crippen LogP) is 3.52. The fraction of sp³-hybridized carbons (Fsp3) is 0.364. The lowest BCUT2D eigenvalue weighted by molar-refractivity contribution is 0.0730. The summed E-state index contributed by atoms with van der Waals surface area (Å²) in [4.78, 5) is 0.268. The predicted molar refractivity (Wildman–Crippen MR) is 122 cm³/mol. The summed E-state index contributed by atoms with van der Waals surface area (Å²) in [5, 5.41) is 9.68. The molecule has 0 aliphatic carbocycles. The summed E-state index contributed by atoms with van der Waals surface area (Å²) in [6.45, 7) is 4.33. The van der Waals surface area contributed by atoms with Gasteiger partial charge in [0.15, 0.2) is 11.0 Å². The van der Waals surface area contributed by atoms with Crippen molar-refractivity contribution >= 4 is 21.8 Å². The van der Waals surface area contributed by atoms with Gasteiger partial charge in [-0.3, -0.25) is 4.57 Å². The van der Waals surface area contributed by atoms with Crippen LogP contribution in [-0.4, -0.2) is 59.5 Å². The first kappa shape index (κ1) is 22.0. The number of aromatic nitrogens is 3. The zero-order chi connectivity index (χ0) is 21.7. The molecular formula is C22H26N4O3S2. The summed E-state index contributed by atoms with van der Waals surface area (Å²) in [5.74, 6) is 1.61. The van der Waals surface area contributed by atoms with Gasteiger partial charge in [0.1, 0.15) is 0 Å². The topological polar surface area (TPSA) is 77.3 Å². The van der Waals surface area contributed by atoms with Gasteiger partial charge in [0.05, 0.1) is 24.7 Å². The van der Waals surface area contributed by atoms with Crippen LogP contribution in [0.25, 0.3) is 11.4 Å². The molecule has 1 fully saturated rings. The van der Waals surface area contributed by atoms with Crippen LogP contribution >= 0.6 is 11.8 Å². The number of thioether (sulfide) groups is 1. The smallest absolute Gasteiger partial charge is 0.243 e. The lowest BCUT2D eigenvalue weighted by Crippen LogP contribution is -2.40. The van der Waals surface area contributed by atoms with E-state index in [0.717, 1.165) is 28.5 Å². The molecule has 0 radical (unpaired) electrons. The van der Waals surface area contributed by atoms with E-state index in [2.05, 4.69) is 33.8 Å². The van der Waals surface area contributed by atoms with Gasteiger partial charge in [-0.15, -0.1) is 10.2 Å². The monoisotopic (exact) mass is 458 g/mol. The number of rotatable bonds is 8. The molecule has 0 amide bonds. The third-order valence-corrected chi connectivity index (χ3v) is 8.10. The van der Waals surface area contributed by atoms with Crippen LogP contribution in [0.15, 0.2) is 64.6 Å². The quantitative estimate of drug-likeness (QED) is 0.481. The number of hydrogen-bond acceptors (Lipinski definition) is 6. The lowest BCUT2D eigenvalue weighted by Gasteiger charge is -2.26. The highest BCUT2D eigenvalue weighted by atomic mass is 32.2. The van der Waals surface area contributed by atoms with Gasteiger partial charge in [-0.05, 0) is 24.1 Å². The van der Waals surface area contributed by atoms with E-state index in [9.17, 15) is 8.42 Å². The highest BCUT2D eigenvalue weighted by molar-refractivity contribution is 7.99. The van der Waals surface area contributed by atoms with Crippen LogP contribution in [0.2, 0.25) is 0 Å². The Balaban J connectivity index is 1.70. The molecular weight excluding hydrogens is 432 g/mol. The van der Waals surface area contributed by atoms with Crippen LogP contribution in [0, 0.1) is 0 Å². The second kappa shape index (κ2) is 9.95. The van der Waals surface area contributed by atoms with E-state index in [4.69, 9.17) is 4.74 Å². The van der Waals surface area contributed by atoms with Crippen LogP contribution in [0.1, 0.15) is 18.9 Å². The maximum atomic E-state index is 13.1. The minimum atomic E-state index is -3.58. The Hall–Kier alpha value is -2.20. The summed E-state index contributed by atoms with van der Waals surface area (Å²) < 4.78 is 35.1. The molecule has 1 aliphatic heterocycles. The molecule has 0 N–H and O–H groups in total. The Bertz CT molecular complexity index is 1110. The second-order valence-corrected chi connectivity index (χ2v) is 10.3. The molecule has 164 valence electrons. The van der Waals surface area contributed by atoms with Crippen molar-refractivity contribution in [1.82, 2.24) is 19.1 Å². The number of sulfonamides is 1. The molecule has 31 heavy (non-hydrogen) atoms. The van der Waals surface area contributed by atoms with Crippen molar-refractivity contribution in [3.8, 4) is 11.4 Å². The first-order chi connectivity index (χ1) is 15.1. The molecule has 0 saturated carbocycles. The lowest BCUT2D eigenvalue weighted by atomic mass is 10.2. The van der Waals surface area contributed by atoms with Crippen molar-refractivity contribution < 1.29 is 13.2 Å². The Morgan fingerprint density at radius 3 is 2.55 bits per heavy atom. The van der Waals surface area contributed by atoms with Crippen molar-refractivity contribution in [3.05, 3.63) is 60.2 Å². The van der Waals surface area contributed by atoms with Crippen molar-refractivity contribution in [2.75, 3.05) is 32.1 Å². The number of hydrogen-bond donors (Lipinski definition) is 0.